The fourth-order valence-electron chi connectivity index (χ4n) is 11.0. The number of aryl methyl sites for hydroxylation is 3. The molecule has 3 heteroatoms. The maximum Gasteiger partial charge on any atom is 0.0782 e. The summed E-state index contributed by atoms with van der Waals surface area (Å²) in [7, 11) is 0. The molecule has 0 atom stereocenters. The minimum absolute atomic E-state index is 0.213. The van der Waals surface area contributed by atoms with Crippen molar-refractivity contribution in [2.45, 2.75) is 52.9 Å². The monoisotopic (exact) mass is 839 g/mol. The van der Waals surface area contributed by atoms with Crippen LogP contribution in [0.4, 0.5) is 34.1 Å². The molecule has 0 saturated carbocycles. The Morgan fingerprint density at radius 1 is 0.415 bits per heavy atom. The summed E-state index contributed by atoms with van der Waals surface area (Å²) in [4.78, 5) is 4.98. The van der Waals surface area contributed by atoms with Gasteiger partial charge in [0, 0.05) is 50.0 Å². The second-order valence-corrected chi connectivity index (χ2v) is 17.6. The number of aromatic nitrogens is 1. The summed E-state index contributed by atoms with van der Waals surface area (Å²) in [5.74, 6) is 0. The van der Waals surface area contributed by atoms with Gasteiger partial charge in [-0.1, -0.05) is 141 Å². The van der Waals surface area contributed by atoms with E-state index in [0.717, 1.165) is 41.3 Å². The highest BCUT2D eigenvalue weighted by molar-refractivity contribution is 6.15. The summed E-state index contributed by atoms with van der Waals surface area (Å²) in [6, 6.07) is 72.3. The van der Waals surface area contributed by atoms with Crippen molar-refractivity contribution in [3.63, 3.8) is 0 Å². The third kappa shape index (κ3) is 6.48. The number of hydrogen-bond acceptors (Lipinski definition) is 2. The molecule has 316 valence electrons. The number of nitrogens with zero attached hydrogens (tertiary/aromatic N) is 3. The Kier molecular flexibility index (Phi) is 10.00. The zero-order chi connectivity index (χ0) is 44.2. The first-order valence-corrected chi connectivity index (χ1v) is 23.2. The van der Waals surface area contributed by atoms with Gasteiger partial charge in [-0.15, -0.1) is 0 Å². The minimum atomic E-state index is -0.213. The van der Waals surface area contributed by atoms with Gasteiger partial charge in [-0.3, -0.25) is 0 Å². The summed E-state index contributed by atoms with van der Waals surface area (Å²) in [5, 5.41) is 5.03. The molecule has 65 heavy (non-hydrogen) atoms. The molecule has 9 aromatic carbocycles. The van der Waals surface area contributed by atoms with E-state index in [1.165, 1.54) is 82.9 Å². The zero-order valence-electron chi connectivity index (χ0n) is 37.9. The van der Waals surface area contributed by atoms with Gasteiger partial charge in [-0.05, 0) is 157 Å². The highest BCUT2D eigenvalue weighted by Crippen LogP contribution is 2.60. The molecule has 1 heterocycles. The average molecular weight is 840 g/mol. The molecule has 0 unspecified atom stereocenters. The molecule has 0 N–H and O–H groups in total. The van der Waals surface area contributed by atoms with Crippen molar-refractivity contribution in [2.24, 2.45) is 0 Å². The van der Waals surface area contributed by atoms with Crippen LogP contribution in [0.5, 0.6) is 0 Å². The Morgan fingerprint density at radius 2 is 1.02 bits per heavy atom. The molecule has 0 aliphatic heterocycles. The summed E-state index contributed by atoms with van der Waals surface area (Å²) < 4.78 is 2.47. The summed E-state index contributed by atoms with van der Waals surface area (Å²) in [6.45, 7) is 10.6. The van der Waals surface area contributed by atoms with Crippen molar-refractivity contribution in [3.05, 3.63) is 234 Å². The second-order valence-electron chi connectivity index (χ2n) is 17.6. The molecule has 0 amide bonds. The number of para-hydroxylation sites is 4. The van der Waals surface area contributed by atoms with Gasteiger partial charge in [0.05, 0.1) is 22.4 Å². The van der Waals surface area contributed by atoms with E-state index >= 15 is 0 Å². The van der Waals surface area contributed by atoms with Crippen LogP contribution in [-0.2, 0) is 5.41 Å². The van der Waals surface area contributed by atoms with E-state index in [9.17, 15) is 0 Å². The van der Waals surface area contributed by atoms with Crippen molar-refractivity contribution in [1.82, 2.24) is 4.57 Å². The third-order valence-electron chi connectivity index (χ3n) is 13.6. The predicted octanol–water partition coefficient (Wildman–Crippen LogP) is 17.4. The molecule has 1 spiro atoms. The van der Waals surface area contributed by atoms with Crippen LogP contribution in [-0.4, -0.2) is 4.57 Å². The first-order chi connectivity index (χ1) is 32.0. The number of anilines is 6. The fraction of sp³-hybridized carbons (Fsp3) is 0.129. The van der Waals surface area contributed by atoms with Crippen LogP contribution in [0.15, 0.2) is 206 Å². The number of fused-ring (bicyclic) bond motifs is 10. The Bertz CT molecular complexity index is 3420. The van der Waals surface area contributed by atoms with Gasteiger partial charge in [-0.2, -0.15) is 0 Å². The highest BCUT2D eigenvalue weighted by atomic mass is 15.2. The fourth-order valence-corrected chi connectivity index (χ4v) is 11.0. The molecule has 10 aromatic rings. The summed E-state index contributed by atoms with van der Waals surface area (Å²) >= 11 is 0. The molecule has 0 fully saturated rings. The van der Waals surface area contributed by atoms with Crippen molar-refractivity contribution in [2.75, 3.05) is 9.80 Å². The second kappa shape index (κ2) is 16.2. The quantitative estimate of drug-likeness (QED) is 0.148. The van der Waals surface area contributed by atoms with Crippen LogP contribution in [0.2, 0.25) is 0 Å². The number of rotatable bonds is 7. The van der Waals surface area contributed by atoms with Crippen molar-refractivity contribution >= 4 is 66.7 Å². The lowest BCUT2D eigenvalue weighted by atomic mass is 9.75. The van der Waals surface area contributed by atoms with Crippen molar-refractivity contribution < 1.29 is 0 Å². The SMILES string of the molecule is CC.Cc1cc(C)cc(N(c2ccccc2)c2cc3c(c4ccccc24)-c2ccc(N(c4ccccc4)c4cccc5c6ccccc6n(-c6cccc(C)c6)c45)cc2C32CC=CC2)c1. The van der Waals surface area contributed by atoms with E-state index in [2.05, 4.69) is 241 Å². The third-order valence-corrected chi connectivity index (χ3v) is 13.6. The van der Waals surface area contributed by atoms with Gasteiger partial charge in [-0.25, -0.2) is 0 Å². The normalized spacial score (nSPS) is 13.2. The van der Waals surface area contributed by atoms with Crippen LogP contribution >= 0.6 is 0 Å². The maximum absolute atomic E-state index is 2.55. The molecular weight excluding hydrogens is 787 g/mol. The standard InChI is InChI=1S/C60H47N3.C2H6/c1-40-18-16-23-45(35-40)63-55-28-13-12-25-49(55)51-27-17-29-56(59(51)63)61(43-19-6-4-7-20-43)46-30-31-52-53(38-46)60(32-14-15-33-60)54-39-57(48-24-10-11-26-50(48)58(52)54)62(44-21-8-5-9-22-44)47-36-41(2)34-42(3)37-47;1-2/h4-31,34-39H,32-33H2,1-3H3;1-2H3. The first-order valence-electron chi connectivity index (χ1n) is 23.2. The van der Waals surface area contributed by atoms with Crippen LogP contribution in [0, 0.1) is 20.8 Å². The molecule has 1 aromatic heterocycles. The van der Waals surface area contributed by atoms with Gasteiger partial charge in [0.2, 0.25) is 0 Å². The van der Waals surface area contributed by atoms with Gasteiger partial charge in [0.25, 0.3) is 0 Å². The number of allylic oxidation sites excluding steroid dienone is 2. The minimum Gasteiger partial charge on any atom is -0.310 e. The molecular formula is C62H53N3. The Morgan fingerprint density at radius 3 is 1.71 bits per heavy atom. The molecule has 3 nitrogen and oxygen atoms in total. The molecule has 0 saturated heterocycles. The molecule has 2 aliphatic rings. The maximum atomic E-state index is 2.55. The molecule has 0 bridgehead atoms. The lowest BCUT2D eigenvalue weighted by molar-refractivity contribution is 0.573. The van der Waals surface area contributed by atoms with Gasteiger partial charge >= 0.3 is 0 Å². The van der Waals surface area contributed by atoms with Gasteiger partial charge < -0.3 is 14.4 Å². The smallest absolute Gasteiger partial charge is 0.0782 e. The summed E-state index contributed by atoms with van der Waals surface area (Å²) in [6.07, 6.45) is 6.72. The topological polar surface area (TPSA) is 11.4 Å². The van der Waals surface area contributed by atoms with Crippen molar-refractivity contribution in [3.8, 4) is 16.8 Å². The van der Waals surface area contributed by atoms with Gasteiger partial charge in [0.1, 0.15) is 0 Å². The van der Waals surface area contributed by atoms with E-state index in [4.69, 9.17) is 0 Å². The Labute approximate surface area is 383 Å². The lowest BCUT2D eigenvalue weighted by Crippen LogP contribution is -2.22. The van der Waals surface area contributed by atoms with Gasteiger partial charge in [0.15, 0.2) is 0 Å². The Balaban J connectivity index is 0.00000231. The highest BCUT2D eigenvalue weighted by Gasteiger charge is 2.45. The summed E-state index contributed by atoms with van der Waals surface area (Å²) in [5.41, 5.74) is 19.5. The number of hydrogen-bond donors (Lipinski definition) is 0. The van der Waals surface area contributed by atoms with E-state index in [1.54, 1.807) is 0 Å². The van der Waals surface area contributed by atoms with Crippen LogP contribution in [0.3, 0.4) is 0 Å². The largest absolute Gasteiger partial charge is 0.310 e. The van der Waals surface area contributed by atoms with E-state index in [0.29, 0.717) is 0 Å². The first kappa shape index (κ1) is 40.2. The van der Waals surface area contributed by atoms with E-state index < -0.39 is 0 Å². The predicted molar refractivity (Wildman–Crippen MR) is 278 cm³/mol. The molecule has 0 radical (unpaired) electrons. The molecule has 2 aliphatic carbocycles. The van der Waals surface area contributed by atoms with E-state index in [-0.39, 0.29) is 5.41 Å². The average Bonchev–Trinajstić information content (AvgIpc) is 4.04. The van der Waals surface area contributed by atoms with Crippen LogP contribution < -0.4 is 9.80 Å². The number of benzene rings is 9. The van der Waals surface area contributed by atoms with E-state index in [1.807, 2.05) is 13.8 Å². The van der Waals surface area contributed by atoms with Crippen LogP contribution in [0.25, 0.3) is 49.4 Å². The van der Waals surface area contributed by atoms with Crippen molar-refractivity contribution in [1.29, 1.82) is 0 Å². The lowest BCUT2D eigenvalue weighted by Gasteiger charge is -2.32. The Hall–Kier alpha value is -7.62. The molecule has 12 rings (SSSR count). The van der Waals surface area contributed by atoms with Crippen LogP contribution in [0.1, 0.15) is 54.5 Å². The zero-order valence-corrected chi connectivity index (χ0v) is 37.9.